The van der Waals surface area contributed by atoms with Crippen LogP contribution in [-0.2, 0) is 9.59 Å². The molecule has 11 heavy (non-hydrogen) atoms. The highest BCUT2D eigenvalue weighted by Gasteiger charge is 2.04. The van der Waals surface area contributed by atoms with E-state index < -0.39 is 0 Å². The number of aldehydes is 2. The molecule has 0 bridgehead atoms. The number of carbonyl (C=O) groups excluding carboxylic acids is 2. The van der Waals surface area contributed by atoms with E-state index in [4.69, 9.17) is 0 Å². The lowest BCUT2D eigenvalue weighted by Gasteiger charge is -2.05. The van der Waals surface area contributed by atoms with Crippen LogP contribution in [0.3, 0.4) is 0 Å². The van der Waals surface area contributed by atoms with Crippen molar-refractivity contribution in [3.05, 3.63) is 0 Å². The van der Waals surface area contributed by atoms with Gasteiger partial charge in [0.25, 0.3) is 0 Å². The van der Waals surface area contributed by atoms with E-state index in [0.29, 0.717) is 12.8 Å². The average Bonchev–Trinajstić information content (AvgIpc) is 2.05. The van der Waals surface area contributed by atoms with Crippen LogP contribution in [0.2, 0.25) is 0 Å². The van der Waals surface area contributed by atoms with Crippen LogP contribution in [0.4, 0.5) is 0 Å². The van der Waals surface area contributed by atoms with Gasteiger partial charge in [0.05, 0.1) is 0 Å². The van der Waals surface area contributed by atoms with Crippen LogP contribution in [0.1, 0.15) is 25.7 Å². The van der Waals surface area contributed by atoms with Crippen LogP contribution in [0.5, 0.6) is 0 Å². The second-order valence-electron chi connectivity index (χ2n) is 2.51. The van der Waals surface area contributed by atoms with Crippen LogP contribution >= 0.6 is 12.6 Å². The minimum Gasteiger partial charge on any atom is -0.303 e. The minimum atomic E-state index is 0.0624. The molecule has 2 nitrogen and oxygen atoms in total. The molecule has 0 aromatic heterocycles. The molecule has 1 atom stereocenters. The van der Waals surface area contributed by atoms with Crippen molar-refractivity contribution in [2.24, 2.45) is 5.92 Å². The quantitative estimate of drug-likeness (QED) is 0.468. The van der Waals surface area contributed by atoms with Crippen molar-refractivity contribution in [3.63, 3.8) is 0 Å². The Hall–Kier alpha value is -0.310. The van der Waals surface area contributed by atoms with Gasteiger partial charge in [0.1, 0.15) is 12.6 Å². The van der Waals surface area contributed by atoms with Gasteiger partial charge in [0.15, 0.2) is 0 Å². The zero-order valence-corrected chi connectivity index (χ0v) is 7.43. The van der Waals surface area contributed by atoms with Gasteiger partial charge >= 0.3 is 0 Å². The van der Waals surface area contributed by atoms with Crippen molar-refractivity contribution in [2.75, 3.05) is 5.75 Å². The molecular weight excluding hydrogens is 160 g/mol. The predicted octanol–water partition coefficient (Wildman–Crippen LogP) is 1.49. The van der Waals surface area contributed by atoms with E-state index in [1.165, 1.54) is 0 Å². The lowest BCUT2D eigenvalue weighted by Crippen LogP contribution is -2.02. The van der Waals surface area contributed by atoms with Crippen molar-refractivity contribution < 1.29 is 9.59 Å². The standard InChI is InChI=1S/C8H14O2S/c9-5-1-3-8(7-10)4-2-6-11/h5,7-8,11H,1-4,6H2. The number of thiol groups is 1. The smallest absolute Gasteiger partial charge is 0.123 e. The summed E-state index contributed by atoms with van der Waals surface area (Å²) in [6.45, 7) is 0. The third kappa shape index (κ3) is 6.10. The molecule has 0 saturated carbocycles. The first kappa shape index (κ1) is 10.7. The van der Waals surface area contributed by atoms with Crippen molar-refractivity contribution in [1.29, 1.82) is 0 Å². The molecule has 0 heterocycles. The van der Waals surface area contributed by atoms with Crippen molar-refractivity contribution >= 4 is 25.2 Å². The van der Waals surface area contributed by atoms with Crippen molar-refractivity contribution in [2.45, 2.75) is 25.7 Å². The summed E-state index contributed by atoms with van der Waals surface area (Å²) in [7, 11) is 0. The van der Waals surface area contributed by atoms with Gasteiger partial charge in [-0.3, -0.25) is 0 Å². The molecule has 0 aliphatic heterocycles. The summed E-state index contributed by atoms with van der Waals surface area (Å²) in [6.07, 6.45) is 4.80. The monoisotopic (exact) mass is 174 g/mol. The Morgan fingerprint density at radius 3 is 2.45 bits per heavy atom. The Balaban J connectivity index is 3.40. The molecule has 3 heteroatoms. The highest BCUT2D eigenvalue weighted by molar-refractivity contribution is 7.80. The lowest BCUT2D eigenvalue weighted by atomic mass is 10.0. The van der Waals surface area contributed by atoms with Gasteiger partial charge in [-0.2, -0.15) is 12.6 Å². The Morgan fingerprint density at radius 2 is 2.00 bits per heavy atom. The molecule has 0 aromatic rings. The van der Waals surface area contributed by atoms with Crippen molar-refractivity contribution in [3.8, 4) is 0 Å². The normalized spacial score (nSPS) is 12.5. The Morgan fingerprint density at radius 1 is 1.27 bits per heavy atom. The molecule has 0 saturated heterocycles. The zero-order chi connectivity index (χ0) is 8.53. The number of carbonyl (C=O) groups is 2. The molecule has 1 unspecified atom stereocenters. The fourth-order valence-electron chi connectivity index (χ4n) is 0.916. The van der Waals surface area contributed by atoms with Gasteiger partial charge in [-0.25, -0.2) is 0 Å². The third-order valence-electron chi connectivity index (χ3n) is 1.58. The van der Waals surface area contributed by atoms with Gasteiger partial charge in [-0.05, 0) is 25.0 Å². The molecule has 0 aromatic carbocycles. The molecule has 0 aliphatic carbocycles. The van der Waals surface area contributed by atoms with Gasteiger partial charge in [-0.15, -0.1) is 0 Å². The number of rotatable bonds is 7. The molecular formula is C8H14O2S. The number of hydrogen-bond donors (Lipinski definition) is 1. The summed E-state index contributed by atoms with van der Waals surface area (Å²) in [5, 5.41) is 0. The number of hydrogen-bond acceptors (Lipinski definition) is 3. The van der Waals surface area contributed by atoms with Crippen LogP contribution in [0.15, 0.2) is 0 Å². The van der Waals surface area contributed by atoms with E-state index in [1.54, 1.807) is 0 Å². The first-order valence-corrected chi connectivity index (χ1v) is 4.48. The van der Waals surface area contributed by atoms with E-state index in [0.717, 1.165) is 31.2 Å². The van der Waals surface area contributed by atoms with Gasteiger partial charge in [0, 0.05) is 12.3 Å². The second-order valence-corrected chi connectivity index (χ2v) is 2.95. The summed E-state index contributed by atoms with van der Waals surface area (Å²) >= 11 is 4.04. The molecule has 0 spiro atoms. The van der Waals surface area contributed by atoms with E-state index in [-0.39, 0.29) is 5.92 Å². The summed E-state index contributed by atoms with van der Waals surface area (Å²) < 4.78 is 0. The summed E-state index contributed by atoms with van der Waals surface area (Å²) in [5.41, 5.74) is 0. The molecule has 0 radical (unpaired) electrons. The van der Waals surface area contributed by atoms with E-state index >= 15 is 0 Å². The Kier molecular flexibility index (Phi) is 7.57. The largest absolute Gasteiger partial charge is 0.303 e. The van der Waals surface area contributed by atoms with E-state index in [2.05, 4.69) is 12.6 Å². The Bertz CT molecular complexity index is 115. The SMILES string of the molecule is O=CCCC(C=O)CCCS. The van der Waals surface area contributed by atoms with Crippen LogP contribution < -0.4 is 0 Å². The maximum Gasteiger partial charge on any atom is 0.123 e. The molecule has 0 fully saturated rings. The fourth-order valence-corrected chi connectivity index (χ4v) is 1.10. The molecule has 64 valence electrons. The average molecular weight is 174 g/mol. The van der Waals surface area contributed by atoms with Crippen LogP contribution in [-0.4, -0.2) is 18.3 Å². The zero-order valence-electron chi connectivity index (χ0n) is 6.53. The fraction of sp³-hybridized carbons (Fsp3) is 0.750. The topological polar surface area (TPSA) is 34.1 Å². The van der Waals surface area contributed by atoms with Crippen molar-refractivity contribution in [1.82, 2.24) is 0 Å². The van der Waals surface area contributed by atoms with Crippen LogP contribution in [0.25, 0.3) is 0 Å². The second kappa shape index (κ2) is 7.79. The molecule has 0 N–H and O–H groups in total. The molecule has 0 aliphatic rings. The summed E-state index contributed by atoms with van der Waals surface area (Å²) in [6, 6.07) is 0. The first-order valence-electron chi connectivity index (χ1n) is 3.85. The summed E-state index contributed by atoms with van der Waals surface area (Å²) in [5.74, 6) is 0.873. The summed E-state index contributed by atoms with van der Waals surface area (Å²) in [4.78, 5) is 20.3. The minimum absolute atomic E-state index is 0.0624. The highest BCUT2D eigenvalue weighted by atomic mass is 32.1. The lowest BCUT2D eigenvalue weighted by molar-refractivity contribution is -0.112. The van der Waals surface area contributed by atoms with E-state index in [9.17, 15) is 9.59 Å². The Labute approximate surface area is 72.8 Å². The first-order chi connectivity index (χ1) is 5.35. The predicted molar refractivity (Wildman–Crippen MR) is 47.9 cm³/mol. The highest BCUT2D eigenvalue weighted by Crippen LogP contribution is 2.10. The van der Waals surface area contributed by atoms with Gasteiger partial charge in [0.2, 0.25) is 0 Å². The van der Waals surface area contributed by atoms with Crippen LogP contribution in [0, 0.1) is 5.92 Å². The maximum atomic E-state index is 10.4. The third-order valence-corrected chi connectivity index (χ3v) is 1.90. The van der Waals surface area contributed by atoms with Gasteiger partial charge in [-0.1, -0.05) is 0 Å². The van der Waals surface area contributed by atoms with Gasteiger partial charge < -0.3 is 9.59 Å². The van der Waals surface area contributed by atoms with E-state index in [1.807, 2.05) is 0 Å². The maximum absolute atomic E-state index is 10.4. The molecule has 0 rings (SSSR count). The molecule has 0 amide bonds.